The first-order valence-corrected chi connectivity index (χ1v) is 6.51. The molecular weight excluding hydrogens is 272 g/mol. The summed E-state index contributed by atoms with van der Waals surface area (Å²) in [6, 6.07) is 7.16. The highest BCUT2D eigenvalue weighted by Gasteiger charge is 2.21. The number of nitrogens with one attached hydrogen (secondary N) is 1. The fourth-order valence-corrected chi connectivity index (χ4v) is 1.92. The lowest BCUT2D eigenvalue weighted by Crippen LogP contribution is -2.27. The number of aliphatic imine (C=N–C) groups is 1. The highest BCUT2D eigenvalue weighted by molar-refractivity contribution is 7.80. The molecule has 0 bridgehead atoms. The predicted octanol–water partition coefficient (Wildman–Crippen LogP) is 2.77. The van der Waals surface area contributed by atoms with E-state index in [1.165, 1.54) is 0 Å². The fourth-order valence-electron chi connectivity index (χ4n) is 1.68. The quantitative estimate of drug-likeness (QED) is 0.669. The van der Waals surface area contributed by atoms with Crippen molar-refractivity contribution in [2.45, 2.75) is 0 Å². The maximum Gasteiger partial charge on any atom is 0.238 e. The molecule has 0 spiro atoms. The van der Waals surface area contributed by atoms with Gasteiger partial charge in [0.05, 0.1) is 0 Å². The molecule has 1 heterocycles. The van der Waals surface area contributed by atoms with E-state index in [2.05, 4.69) is 16.9 Å². The van der Waals surface area contributed by atoms with Crippen LogP contribution in [-0.4, -0.2) is 23.7 Å². The monoisotopic (exact) mass is 286 g/mol. The average Bonchev–Trinajstić information content (AvgIpc) is 2.46. The number of nitrogens with zero attached hydrogens (tertiary/aromatic N) is 1. The van der Waals surface area contributed by atoms with Crippen LogP contribution in [0.15, 0.2) is 54.1 Å². The second-order valence-electron chi connectivity index (χ2n) is 4.10. The summed E-state index contributed by atoms with van der Waals surface area (Å²) in [6.45, 7) is 4.00. The molecule has 5 heteroatoms. The third-order valence-electron chi connectivity index (χ3n) is 2.61. The van der Waals surface area contributed by atoms with Gasteiger partial charge in [0.1, 0.15) is 23.3 Å². The molecule has 20 heavy (non-hydrogen) atoms. The van der Waals surface area contributed by atoms with Gasteiger partial charge in [-0.1, -0.05) is 37.0 Å². The van der Waals surface area contributed by atoms with E-state index in [9.17, 15) is 4.79 Å². The molecule has 0 saturated heterocycles. The highest BCUT2D eigenvalue weighted by Crippen LogP contribution is 2.19. The van der Waals surface area contributed by atoms with Crippen LogP contribution in [0, 0.1) is 5.92 Å². The van der Waals surface area contributed by atoms with Gasteiger partial charge in [0, 0.05) is 18.0 Å². The highest BCUT2D eigenvalue weighted by atomic mass is 32.1. The zero-order valence-corrected chi connectivity index (χ0v) is 11.6. The lowest BCUT2D eigenvalue weighted by atomic mass is 10.1. The number of carbonyl (C=O) groups excluding carboxylic acids is 1. The first-order valence-electron chi connectivity index (χ1n) is 6.10. The van der Waals surface area contributed by atoms with Crippen molar-refractivity contribution >= 4 is 35.0 Å². The lowest BCUT2D eigenvalue weighted by molar-refractivity contribution is -0.116. The van der Waals surface area contributed by atoms with Gasteiger partial charge < -0.3 is 10.1 Å². The molecule has 0 radical (unpaired) electrons. The van der Waals surface area contributed by atoms with Gasteiger partial charge in [0.25, 0.3) is 0 Å². The van der Waals surface area contributed by atoms with Crippen LogP contribution < -0.4 is 10.1 Å². The first-order chi connectivity index (χ1) is 9.70. The number of dihydropyridines is 1. The first kappa shape index (κ1) is 14.1. The number of amides is 1. The number of hydrogen-bond donors (Lipinski definition) is 1. The van der Waals surface area contributed by atoms with Crippen LogP contribution in [0.1, 0.15) is 0 Å². The van der Waals surface area contributed by atoms with E-state index in [1.807, 2.05) is 6.07 Å². The molecule has 102 valence electrons. The number of hydrogen-bond acceptors (Lipinski definition) is 3. The summed E-state index contributed by atoms with van der Waals surface area (Å²) in [5, 5.41) is 2.80. The number of carbonyl (C=O) groups is 1. The van der Waals surface area contributed by atoms with Gasteiger partial charge in [0.15, 0.2) is 0 Å². The van der Waals surface area contributed by atoms with Gasteiger partial charge in [-0.2, -0.15) is 0 Å². The summed E-state index contributed by atoms with van der Waals surface area (Å²) in [4.78, 5) is 16.4. The van der Waals surface area contributed by atoms with Crippen LogP contribution in [0.5, 0.6) is 5.75 Å². The molecule has 0 aliphatic carbocycles. The Balaban J connectivity index is 2.04. The Bertz CT molecular complexity index is 593. The molecule has 1 amide bonds. The summed E-state index contributed by atoms with van der Waals surface area (Å²) in [5.41, 5.74) is 0.655. The van der Waals surface area contributed by atoms with Crippen molar-refractivity contribution in [2.75, 3.05) is 11.9 Å². The maximum atomic E-state index is 12.1. The SMILES string of the molecule is C=CCOc1cccc(NC(=O)C2C=CC=NC2=S)c1. The summed E-state index contributed by atoms with van der Waals surface area (Å²) < 4.78 is 5.41. The Labute approximate surface area is 122 Å². The van der Waals surface area contributed by atoms with Crippen LogP contribution in [0.25, 0.3) is 0 Å². The second-order valence-corrected chi connectivity index (χ2v) is 4.51. The maximum absolute atomic E-state index is 12.1. The Morgan fingerprint density at radius 1 is 1.55 bits per heavy atom. The average molecular weight is 286 g/mol. The van der Waals surface area contributed by atoms with E-state index in [4.69, 9.17) is 17.0 Å². The van der Waals surface area contributed by atoms with Gasteiger partial charge in [-0.05, 0) is 18.2 Å². The van der Waals surface area contributed by atoms with Crippen LogP contribution in [-0.2, 0) is 4.79 Å². The Morgan fingerprint density at radius 3 is 3.15 bits per heavy atom. The smallest absolute Gasteiger partial charge is 0.238 e. The summed E-state index contributed by atoms with van der Waals surface area (Å²) >= 11 is 5.06. The van der Waals surface area contributed by atoms with E-state index < -0.39 is 5.92 Å². The Kier molecular flexibility index (Phi) is 4.79. The molecule has 1 atom stereocenters. The van der Waals surface area contributed by atoms with Crippen LogP contribution in [0.4, 0.5) is 5.69 Å². The second kappa shape index (κ2) is 6.77. The van der Waals surface area contributed by atoms with E-state index in [0.29, 0.717) is 23.0 Å². The van der Waals surface area contributed by atoms with Gasteiger partial charge in [-0.25, -0.2) is 4.99 Å². The minimum absolute atomic E-state index is 0.205. The molecule has 1 unspecified atom stereocenters. The van der Waals surface area contributed by atoms with Crippen molar-refractivity contribution in [3.63, 3.8) is 0 Å². The van der Waals surface area contributed by atoms with Crippen LogP contribution >= 0.6 is 12.2 Å². The third-order valence-corrected chi connectivity index (χ3v) is 2.97. The predicted molar refractivity (Wildman–Crippen MR) is 84.5 cm³/mol. The van der Waals surface area contributed by atoms with Crippen molar-refractivity contribution in [1.29, 1.82) is 0 Å². The normalized spacial score (nSPS) is 16.8. The summed E-state index contributed by atoms with van der Waals surface area (Å²) in [7, 11) is 0. The topological polar surface area (TPSA) is 50.7 Å². The molecule has 4 nitrogen and oxygen atoms in total. The molecule has 0 fully saturated rings. The Hall–Kier alpha value is -2.27. The molecule has 1 aromatic carbocycles. The van der Waals surface area contributed by atoms with E-state index >= 15 is 0 Å². The number of ether oxygens (including phenoxy) is 1. The van der Waals surface area contributed by atoms with Gasteiger partial charge in [-0.3, -0.25) is 4.79 Å². The van der Waals surface area contributed by atoms with Gasteiger partial charge in [-0.15, -0.1) is 0 Å². The molecule has 1 aliphatic heterocycles. The standard InChI is InChI=1S/C15H14N2O2S/c1-2-9-19-12-6-3-5-11(10-12)17-14(18)13-7-4-8-16-15(13)20/h2-8,10,13H,1,9H2,(H,17,18). The number of rotatable bonds is 5. The van der Waals surface area contributed by atoms with Gasteiger partial charge >= 0.3 is 0 Å². The third kappa shape index (κ3) is 3.61. The lowest BCUT2D eigenvalue weighted by Gasteiger charge is -2.14. The molecule has 0 aromatic heterocycles. The fraction of sp³-hybridized carbons (Fsp3) is 0.133. The minimum atomic E-state index is -0.507. The summed E-state index contributed by atoms with van der Waals surface area (Å²) in [5.74, 6) is -0.0424. The van der Waals surface area contributed by atoms with Crippen molar-refractivity contribution in [2.24, 2.45) is 10.9 Å². The van der Waals surface area contributed by atoms with Crippen molar-refractivity contribution < 1.29 is 9.53 Å². The molecule has 2 rings (SSSR count). The molecule has 1 aromatic rings. The molecule has 1 N–H and O–H groups in total. The molecule has 1 aliphatic rings. The largest absolute Gasteiger partial charge is 0.489 e. The van der Waals surface area contributed by atoms with E-state index in [1.54, 1.807) is 42.6 Å². The van der Waals surface area contributed by atoms with Crippen molar-refractivity contribution in [1.82, 2.24) is 0 Å². The number of anilines is 1. The Morgan fingerprint density at radius 2 is 2.40 bits per heavy atom. The molecular formula is C15H14N2O2S. The minimum Gasteiger partial charge on any atom is -0.489 e. The number of benzene rings is 1. The van der Waals surface area contributed by atoms with Crippen LogP contribution in [0.2, 0.25) is 0 Å². The number of allylic oxidation sites excluding steroid dienone is 1. The van der Waals surface area contributed by atoms with Gasteiger partial charge in [0.2, 0.25) is 5.91 Å². The van der Waals surface area contributed by atoms with E-state index in [-0.39, 0.29) is 5.91 Å². The van der Waals surface area contributed by atoms with E-state index in [0.717, 1.165) is 0 Å². The van der Waals surface area contributed by atoms with Crippen molar-refractivity contribution in [3.05, 3.63) is 49.1 Å². The zero-order chi connectivity index (χ0) is 14.4. The molecule has 0 saturated carbocycles. The van der Waals surface area contributed by atoms with Crippen LogP contribution in [0.3, 0.4) is 0 Å². The zero-order valence-electron chi connectivity index (χ0n) is 10.8. The number of thiocarbonyl (C=S) groups is 1. The summed E-state index contributed by atoms with van der Waals surface area (Å²) in [6.07, 6.45) is 6.68. The van der Waals surface area contributed by atoms with Crippen molar-refractivity contribution in [3.8, 4) is 5.75 Å².